The van der Waals surface area contributed by atoms with E-state index in [1.54, 1.807) is 6.07 Å². The second kappa shape index (κ2) is 7.75. The summed E-state index contributed by atoms with van der Waals surface area (Å²) in [6, 6.07) is 27.6. The topological polar surface area (TPSA) is 41.9 Å². The first-order chi connectivity index (χ1) is 16.1. The highest BCUT2D eigenvalue weighted by atomic mass is 35.5. The van der Waals surface area contributed by atoms with Crippen molar-refractivity contribution < 1.29 is 9.53 Å². The van der Waals surface area contributed by atoms with Crippen molar-refractivity contribution in [2.45, 2.75) is 25.6 Å². The molecule has 2 aliphatic rings. The molecule has 162 valence electrons. The van der Waals surface area contributed by atoms with Gasteiger partial charge in [0.2, 0.25) is 5.78 Å². The van der Waals surface area contributed by atoms with Gasteiger partial charge in [0.05, 0.1) is 11.8 Å². The molecule has 0 N–H and O–H groups in total. The van der Waals surface area contributed by atoms with Crippen molar-refractivity contribution in [3.05, 3.63) is 112 Å². The van der Waals surface area contributed by atoms with Crippen molar-refractivity contribution in [3.8, 4) is 5.75 Å². The lowest BCUT2D eigenvalue weighted by atomic mass is 9.95. The maximum atomic E-state index is 13.5. The van der Waals surface area contributed by atoms with Gasteiger partial charge in [0.25, 0.3) is 6.23 Å². The van der Waals surface area contributed by atoms with E-state index in [2.05, 4.69) is 30.3 Å². The molecule has 6 rings (SSSR count). The number of aryl methyl sites for hydroxylation is 1. The normalized spacial score (nSPS) is 19.0. The van der Waals surface area contributed by atoms with Gasteiger partial charge in [0, 0.05) is 22.6 Å². The molecule has 5 heteroatoms. The third-order valence-electron chi connectivity index (χ3n) is 6.39. The van der Waals surface area contributed by atoms with Crippen LogP contribution in [0.15, 0.2) is 90.0 Å². The predicted octanol–water partition coefficient (Wildman–Crippen LogP) is 6.55. The second-order valence-corrected chi connectivity index (χ2v) is 9.03. The molecule has 0 radical (unpaired) electrons. The minimum absolute atomic E-state index is 0.107. The molecule has 2 atom stereocenters. The van der Waals surface area contributed by atoms with E-state index in [9.17, 15) is 4.79 Å². The number of hydrogen-bond acceptors (Lipinski definition) is 4. The van der Waals surface area contributed by atoms with Crippen molar-refractivity contribution in [1.29, 1.82) is 0 Å². The van der Waals surface area contributed by atoms with E-state index in [0.29, 0.717) is 22.8 Å². The zero-order chi connectivity index (χ0) is 22.5. The van der Waals surface area contributed by atoms with Crippen LogP contribution in [0.5, 0.6) is 5.75 Å². The lowest BCUT2D eigenvalue weighted by Gasteiger charge is -2.37. The molecule has 0 saturated carbocycles. The Morgan fingerprint density at radius 2 is 1.76 bits per heavy atom. The third kappa shape index (κ3) is 3.47. The van der Waals surface area contributed by atoms with E-state index >= 15 is 0 Å². The minimum Gasteiger partial charge on any atom is -0.461 e. The number of nitrogens with zero attached hydrogens (tertiary/aromatic N) is 2. The van der Waals surface area contributed by atoms with E-state index in [1.807, 2.05) is 60.5 Å². The molecule has 33 heavy (non-hydrogen) atoms. The van der Waals surface area contributed by atoms with E-state index in [0.717, 1.165) is 27.8 Å². The SMILES string of the molecule is Cc1ccc(C(=O)[C@@H]2Oc3ccc(Cl)cc3[C@@H]3CC(c4ccc5ccccc5c4)=NN23)cc1. The number of ether oxygens (including phenoxy) is 1. The van der Waals surface area contributed by atoms with Crippen LogP contribution in [0, 0.1) is 6.92 Å². The second-order valence-electron chi connectivity index (χ2n) is 8.59. The van der Waals surface area contributed by atoms with Gasteiger partial charge >= 0.3 is 0 Å². The fraction of sp³-hybridized carbons (Fsp3) is 0.143. The van der Waals surface area contributed by atoms with E-state index < -0.39 is 6.23 Å². The molecular formula is C28H21ClN2O2. The highest BCUT2D eigenvalue weighted by Gasteiger charge is 2.43. The Kier molecular flexibility index (Phi) is 4.70. The Morgan fingerprint density at radius 3 is 2.58 bits per heavy atom. The van der Waals surface area contributed by atoms with Crippen LogP contribution in [-0.4, -0.2) is 22.7 Å². The number of carbonyl (C=O) groups is 1. The van der Waals surface area contributed by atoms with Gasteiger partial charge in [-0.3, -0.25) is 4.79 Å². The Balaban J connectivity index is 1.43. The summed E-state index contributed by atoms with van der Waals surface area (Å²) < 4.78 is 6.21. The molecule has 4 aromatic carbocycles. The van der Waals surface area contributed by atoms with Gasteiger partial charge in [-0.05, 0) is 47.5 Å². The lowest BCUT2D eigenvalue weighted by Crippen LogP contribution is -2.45. The van der Waals surface area contributed by atoms with Crippen LogP contribution in [0.3, 0.4) is 0 Å². The quantitative estimate of drug-likeness (QED) is 0.331. The highest BCUT2D eigenvalue weighted by molar-refractivity contribution is 6.30. The van der Waals surface area contributed by atoms with Gasteiger partial charge < -0.3 is 4.74 Å². The molecule has 0 aromatic heterocycles. The maximum absolute atomic E-state index is 13.5. The first kappa shape index (κ1) is 20.0. The highest BCUT2D eigenvalue weighted by Crippen LogP contribution is 2.44. The summed E-state index contributed by atoms with van der Waals surface area (Å²) in [4.78, 5) is 13.5. The van der Waals surface area contributed by atoms with Gasteiger partial charge in [-0.2, -0.15) is 5.10 Å². The minimum atomic E-state index is -0.829. The van der Waals surface area contributed by atoms with Crippen molar-refractivity contribution in [2.24, 2.45) is 5.10 Å². The van der Waals surface area contributed by atoms with Crippen LogP contribution in [0.1, 0.15) is 39.5 Å². The fourth-order valence-corrected chi connectivity index (χ4v) is 4.82. The molecule has 0 fully saturated rings. The van der Waals surface area contributed by atoms with Crippen LogP contribution in [0.2, 0.25) is 5.02 Å². The smallest absolute Gasteiger partial charge is 0.251 e. The van der Waals surface area contributed by atoms with Crippen molar-refractivity contribution in [1.82, 2.24) is 5.01 Å². The van der Waals surface area contributed by atoms with Crippen molar-refractivity contribution >= 4 is 33.9 Å². The fourth-order valence-electron chi connectivity index (χ4n) is 4.63. The zero-order valence-corrected chi connectivity index (χ0v) is 18.8. The first-order valence-corrected chi connectivity index (χ1v) is 11.4. The average Bonchev–Trinajstić information content (AvgIpc) is 3.29. The lowest BCUT2D eigenvalue weighted by molar-refractivity contribution is -0.00455. The van der Waals surface area contributed by atoms with Gasteiger partial charge in [-0.15, -0.1) is 0 Å². The Labute approximate surface area is 197 Å². The van der Waals surface area contributed by atoms with Gasteiger partial charge in [0.15, 0.2) is 0 Å². The summed E-state index contributed by atoms with van der Waals surface area (Å²) in [7, 11) is 0. The van der Waals surface area contributed by atoms with Gasteiger partial charge in [-0.25, -0.2) is 5.01 Å². The number of Topliss-reactive ketones (excluding diaryl/α,β-unsaturated/α-hetero) is 1. The molecule has 4 nitrogen and oxygen atoms in total. The van der Waals surface area contributed by atoms with Crippen LogP contribution in [0.25, 0.3) is 10.8 Å². The summed E-state index contributed by atoms with van der Waals surface area (Å²) in [6.07, 6.45) is -0.156. The molecule has 0 amide bonds. The first-order valence-electron chi connectivity index (χ1n) is 11.0. The van der Waals surface area contributed by atoms with Gasteiger partial charge in [0.1, 0.15) is 5.75 Å². The van der Waals surface area contributed by atoms with Crippen molar-refractivity contribution in [2.75, 3.05) is 0 Å². The Bertz CT molecular complexity index is 1430. The van der Waals surface area contributed by atoms with E-state index in [4.69, 9.17) is 21.4 Å². The van der Waals surface area contributed by atoms with Crippen LogP contribution in [0.4, 0.5) is 0 Å². The van der Waals surface area contributed by atoms with E-state index in [-0.39, 0.29) is 11.8 Å². The maximum Gasteiger partial charge on any atom is 0.251 e. The van der Waals surface area contributed by atoms with Crippen LogP contribution < -0.4 is 4.74 Å². The number of rotatable bonds is 3. The molecule has 4 aromatic rings. The summed E-state index contributed by atoms with van der Waals surface area (Å²) in [5, 5.41) is 9.72. The Hall–Kier alpha value is -3.63. The number of benzene rings is 4. The number of hydrogen-bond donors (Lipinski definition) is 0. The predicted molar refractivity (Wildman–Crippen MR) is 131 cm³/mol. The standard InChI is InChI=1S/C28H21ClN2O2/c1-17-6-8-19(9-7-17)27(32)28-31-25(23-15-22(29)12-13-26(23)33-28)16-24(30-31)21-11-10-18-4-2-3-5-20(18)14-21/h2-15,25,28H,16H2,1H3/t25-,28-/m0/s1. The molecule has 0 spiro atoms. The largest absolute Gasteiger partial charge is 0.461 e. The number of fused-ring (bicyclic) bond motifs is 4. The molecule has 2 heterocycles. The van der Waals surface area contributed by atoms with Crippen molar-refractivity contribution in [3.63, 3.8) is 0 Å². The number of halogens is 1. The summed E-state index contributed by atoms with van der Waals surface area (Å²) in [5.41, 5.74) is 4.65. The molecular weight excluding hydrogens is 432 g/mol. The summed E-state index contributed by atoms with van der Waals surface area (Å²) in [6.45, 7) is 2.00. The Morgan fingerprint density at radius 1 is 0.970 bits per heavy atom. The molecule has 2 aliphatic heterocycles. The molecule has 0 saturated heterocycles. The molecule has 0 unspecified atom stereocenters. The monoisotopic (exact) mass is 452 g/mol. The average molecular weight is 453 g/mol. The molecule has 0 aliphatic carbocycles. The summed E-state index contributed by atoms with van der Waals surface area (Å²) >= 11 is 6.32. The van der Waals surface area contributed by atoms with Crippen LogP contribution in [-0.2, 0) is 0 Å². The summed E-state index contributed by atoms with van der Waals surface area (Å²) in [5.74, 6) is 0.574. The number of ketones is 1. The number of carbonyl (C=O) groups excluding carboxylic acids is 1. The third-order valence-corrected chi connectivity index (χ3v) is 6.63. The van der Waals surface area contributed by atoms with E-state index in [1.165, 1.54) is 5.39 Å². The van der Waals surface area contributed by atoms with Crippen LogP contribution >= 0.6 is 11.6 Å². The number of hydrazone groups is 1. The van der Waals surface area contributed by atoms with Gasteiger partial charge in [-0.1, -0.05) is 77.8 Å². The zero-order valence-electron chi connectivity index (χ0n) is 18.0. The molecule has 0 bridgehead atoms.